The van der Waals surface area contributed by atoms with Crippen molar-refractivity contribution < 1.29 is 4.79 Å². The van der Waals surface area contributed by atoms with Gasteiger partial charge in [-0.25, -0.2) is 4.98 Å². The van der Waals surface area contributed by atoms with Crippen LogP contribution in [0.1, 0.15) is 16.1 Å². The zero-order valence-corrected chi connectivity index (χ0v) is 7.56. The topological polar surface area (TPSA) is 58.7 Å². The number of aromatic nitrogens is 2. The van der Waals surface area contributed by atoms with Gasteiger partial charge in [-0.3, -0.25) is 4.79 Å². The molecule has 2 aromatic heterocycles. The molecule has 2 heterocycles. The third-order valence-electron chi connectivity index (χ3n) is 2.10. The Hall–Kier alpha value is -2.15. The zero-order chi connectivity index (χ0) is 10.1. The second-order valence-corrected chi connectivity index (χ2v) is 2.99. The number of aryl methyl sites for hydroxylation is 1. The van der Waals surface area contributed by atoms with Crippen LogP contribution in [0, 0.1) is 11.3 Å². The Kier molecular flexibility index (Phi) is 1.79. The third kappa shape index (κ3) is 1.07. The van der Waals surface area contributed by atoms with Crippen LogP contribution < -0.4 is 0 Å². The van der Waals surface area contributed by atoms with E-state index in [0.717, 1.165) is 11.8 Å². The molecule has 0 N–H and O–H groups in total. The Labute approximate surface area is 80.4 Å². The summed E-state index contributed by atoms with van der Waals surface area (Å²) >= 11 is 0. The standard InChI is InChI=1S/C10H7N3O/c1-13-3-2-9-10(13)7(6-14)4-8(5-11)12-9/h2-4,6H,1H3. The van der Waals surface area contributed by atoms with Gasteiger partial charge < -0.3 is 4.57 Å². The van der Waals surface area contributed by atoms with E-state index in [2.05, 4.69) is 4.98 Å². The molecule has 0 radical (unpaired) electrons. The van der Waals surface area contributed by atoms with Crippen molar-refractivity contribution in [3.05, 3.63) is 29.6 Å². The van der Waals surface area contributed by atoms with Gasteiger partial charge in [-0.2, -0.15) is 5.26 Å². The Morgan fingerprint density at radius 3 is 3.07 bits per heavy atom. The largest absolute Gasteiger partial charge is 0.349 e. The lowest BCUT2D eigenvalue weighted by atomic mass is 10.2. The predicted molar refractivity (Wildman–Crippen MR) is 50.8 cm³/mol. The number of rotatable bonds is 1. The van der Waals surface area contributed by atoms with Gasteiger partial charge in [0.1, 0.15) is 11.8 Å². The number of carbonyl (C=O) groups is 1. The smallest absolute Gasteiger partial charge is 0.152 e. The zero-order valence-electron chi connectivity index (χ0n) is 7.56. The lowest BCUT2D eigenvalue weighted by Gasteiger charge is -1.99. The summed E-state index contributed by atoms with van der Waals surface area (Å²) in [7, 11) is 1.84. The van der Waals surface area contributed by atoms with Crippen molar-refractivity contribution in [1.29, 1.82) is 5.26 Å². The molecule has 2 rings (SSSR count). The molecule has 0 saturated heterocycles. The van der Waals surface area contributed by atoms with E-state index in [1.54, 1.807) is 6.07 Å². The molecule has 4 nitrogen and oxygen atoms in total. The molecule has 0 bridgehead atoms. The van der Waals surface area contributed by atoms with Crippen LogP contribution >= 0.6 is 0 Å². The van der Waals surface area contributed by atoms with E-state index in [-0.39, 0.29) is 5.69 Å². The maximum atomic E-state index is 10.8. The number of carbonyl (C=O) groups excluding carboxylic acids is 1. The monoisotopic (exact) mass is 185 g/mol. The van der Waals surface area contributed by atoms with Gasteiger partial charge in [-0.05, 0) is 12.1 Å². The summed E-state index contributed by atoms with van der Waals surface area (Å²) in [5.74, 6) is 0. The summed E-state index contributed by atoms with van der Waals surface area (Å²) in [6.45, 7) is 0. The Morgan fingerprint density at radius 1 is 1.64 bits per heavy atom. The Morgan fingerprint density at radius 2 is 2.43 bits per heavy atom. The first kappa shape index (κ1) is 8.45. The first-order valence-corrected chi connectivity index (χ1v) is 4.07. The van der Waals surface area contributed by atoms with Crippen LogP contribution in [0.4, 0.5) is 0 Å². The van der Waals surface area contributed by atoms with Crippen molar-refractivity contribution in [3.63, 3.8) is 0 Å². The second kappa shape index (κ2) is 2.96. The average Bonchev–Trinajstić information content (AvgIpc) is 2.59. The van der Waals surface area contributed by atoms with Crippen LogP contribution in [-0.2, 0) is 7.05 Å². The quantitative estimate of drug-likeness (QED) is 0.628. The number of hydrogen-bond acceptors (Lipinski definition) is 3. The molecular weight excluding hydrogens is 178 g/mol. The molecule has 0 spiro atoms. The van der Waals surface area contributed by atoms with Gasteiger partial charge in [0, 0.05) is 18.8 Å². The normalized spacial score (nSPS) is 10.0. The molecule has 0 aliphatic heterocycles. The second-order valence-electron chi connectivity index (χ2n) is 2.99. The van der Waals surface area contributed by atoms with Crippen LogP contribution in [0.5, 0.6) is 0 Å². The predicted octanol–water partition coefficient (Wildman–Crippen LogP) is 1.26. The molecule has 0 saturated carbocycles. The minimum absolute atomic E-state index is 0.269. The molecule has 0 aliphatic carbocycles. The number of aldehydes is 1. The molecule has 0 aromatic carbocycles. The van der Waals surface area contributed by atoms with Crippen molar-refractivity contribution in [2.24, 2.45) is 7.05 Å². The maximum Gasteiger partial charge on any atom is 0.152 e. The minimum atomic E-state index is 0.269. The number of hydrogen-bond donors (Lipinski definition) is 0. The van der Waals surface area contributed by atoms with E-state index in [1.165, 1.54) is 6.07 Å². The number of pyridine rings is 1. The van der Waals surface area contributed by atoms with Gasteiger partial charge in [0.25, 0.3) is 0 Å². The fourth-order valence-corrected chi connectivity index (χ4v) is 1.48. The van der Waals surface area contributed by atoms with Gasteiger partial charge in [-0.1, -0.05) is 0 Å². The number of fused-ring (bicyclic) bond motifs is 1. The SMILES string of the molecule is Cn1ccc2nc(C#N)cc(C=O)c21. The fourth-order valence-electron chi connectivity index (χ4n) is 1.48. The van der Waals surface area contributed by atoms with E-state index < -0.39 is 0 Å². The molecule has 0 fully saturated rings. The summed E-state index contributed by atoms with van der Waals surface area (Å²) in [5, 5.41) is 8.69. The molecule has 2 aromatic rings. The van der Waals surface area contributed by atoms with Crippen LogP contribution in [0.2, 0.25) is 0 Å². The third-order valence-corrected chi connectivity index (χ3v) is 2.10. The highest BCUT2D eigenvalue weighted by atomic mass is 16.1. The number of nitrogens with zero attached hydrogens (tertiary/aromatic N) is 3. The first-order chi connectivity index (χ1) is 6.76. The minimum Gasteiger partial charge on any atom is -0.349 e. The van der Waals surface area contributed by atoms with Crippen molar-refractivity contribution in [1.82, 2.24) is 9.55 Å². The van der Waals surface area contributed by atoms with E-state index in [4.69, 9.17) is 5.26 Å². The fraction of sp³-hybridized carbons (Fsp3) is 0.100. The summed E-state index contributed by atoms with van der Waals surface area (Å²) in [5.41, 5.74) is 2.21. The molecule has 68 valence electrons. The van der Waals surface area contributed by atoms with Gasteiger partial charge in [-0.15, -0.1) is 0 Å². The van der Waals surface area contributed by atoms with Crippen molar-refractivity contribution in [3.8, 4) is 6.07 Å². The molecule has 0 aliphatic rings. The van der Waals surface area contributed by atoms with Gasteiger partial charge in [0.15, 0.2) is 6.29 Å². The summed E-state index contributed by atoms with van der Waals surface area (Å²) in [6, 6.07) is 5.20. The summed E-state index contributed by atoms with van der Waals surface area (Å²) in [6.07, 6.45) is 2.55. The molecular formula is C10H7N3O. The van der Waals surface area contributed by atoms with Crippen molar-refractivity contribution >= 4 is 17.3 Å². The maximum absolute atomic E-state index is 10.8. The van der Waals surface area contributed by atoms with Gasteiger partial charge in [0.2, 0.25) is 0 Å². The van der Waals surface area contributed by atoms with Crippen molar-refractivity contribution in [2.45, 2.75) is 0 Å². The lowest BCUT2D eigenvalue weighted by Crippen LogP contribution is -1.94. The molecule has 0 amide bonds. The lowest BCUT2D eigenvalue weighted by molar-refractivity contribution is 0.112. The van der Waals surface area contributed by atoms with Crippen LogP contribution in [0.25, 0.3) is 11.0 Å². The van der Waals surface area contributed by atoms with Crippen LogP contribution in [0.3, 0.4) is 0 Å². The van der Waals surface area contributed by atoms with Crippen molar-refractivity contribution in [2.75, 3.05) is 0 Å². The van der Waals surface area contributed by atoms with E-state index in [9.17, 15) is 4.79 Å². The highest BCUT2D eigenvalue weighted by Gasteiger charge is 2.07. The molecule has 4 heteroatoms. The van der Waals surface area contributed by atoms with Crippen LogP contribution in [-0.4, -0.2) is 15.8 Å². The van der Waals surface area contributed by atoms with E-state index >= 15 is 0 Å². The van der Waals surface area contributed by atoms with Crippen LogP contribution in [0.15, 0.2) is 18.3 Å². The van der Waals surface area contributed by atoms with E-state index in [0.29, 0.717) is 11.1 Å². The number of nitriles is 1. The highest BCUT2D eigenvalue weighted by Crippen LogP contribution is 2.17. The first-order valence-electron chi connectivity index (χ1n) is 4.07. The Bertz CT molecular complexity index is 548. The Balaban J connectivity index is 2.91. The molecule has 14 heavy (non-hydrogen) atoms. The average molecular weight is 185 g/mol. The van der Waals surface area contributed by atoms with E-state index in [1.807, 2.05) is 23.9 Å². The summed E-state index contributed by atoms with van der Waals surface area (Å²) in [4.78, 5) is 14.9. The molecule has 0 unspecified atom stereocenters. The van der Waals surface area contributed by atoms with Gasteiger partial charge in [0.05, 0.1) is 11.0 Å². The highest BCUT2D eigenvalue weighted by molar-refractivity contribution is 5.95. The molecule has 0 atom stereocenters. The van der Waals surface area contributed by atoms with Gasteiger partial charge >= 0.3 is 0 Å². The summed E-state index contributed by atoms with van der Waals surface area (Å²) < 4.78 is 1.81.